The summed E-state index contributed by atoms with van der Waals surface area (Å²) in [4.78, 5) is 10.1. The first-order valence-corrected chi connectivity index (χ1v) is 4.34. The number of aldehydes is 1. The maximum Gasteiger partial charge on any atom is 0.120 e. The normalized spacial score (nSPS) is 33.7. The fourth-order valence-electron chi connectivity index (χ4n) is 1.49. The van der Waals surface area contributed by atoms with Crippen molar-refractivity contribution in [3.8, 4) is 0 Å². The maximum atomic E-state index is 10.1. The second kappa shape index (κ2) is 3.97. The van der Waals surface area contributed by atoms with Crippen molar-refractivity contribution in [1.82, 2.24) is 0 Å². The van der Waals surface area contributed by atoms with Gasteiger partial charge in [-0.1, -0.05) is 0 Å². The van der Waals surface area contributed by atoms with Crippen LogP contribution in [0.15, 0.2) is 0 Å². The van der Waals surface area contributed by atoms with E-state index in [0.29, 0.717) is 11.3 Å². The van der Waals surface area contributed by atoms with Crippen molar-refractivity contribution in [2.45, 2.75) is 37.5 Å². The van der Waals surface area contributed by atoms with Gasteiger partial charge in [0.15, 0.2) is 0 Å². The van der Waals surface area contributed by atoms with Gasteiger partial charge in [0, 0.05) is 11.8 Å². The van der Waals surface area contributed by atoms with E-state index in [1.165, 1.54) is 0 Å². The molecule has 0 unspecified atom stereocenters. The Kier molecular flexibility index (Phi) is 3.20. The highest BCUT2D eigenvalue weighted by molar-refractivity contribution is 6.20. The molecule has 1 rings (SSSR count). The van der Waals surface area contributed by atoms with Crippen molar-refractivity contribution < 1.29 is 4.79 Å². The lowest BCUT2D eigenvalue weighted by molar-refractivity contribution is -0.108. The van der Waals surface area contributed by atoms with Crippen LogP contribution in [0, 0.1) is 5.92 Å². The third kappa shape index (κ3) is 2.30. The van der Waals surface area contributed by atoms with Gasteiger partial charge in [-0.05, 0) is 31.6 Å². The minimum atomic E-state index is 0.378. The predicted octanol–water partition coefficient (Wildman–Crippen LogP) is 2.37. The van der Waals surface area contributed by atoms with Crippen LogP contribution in [0.5, 0.6) is 0 Å². The van der Waals surface area contributed by atoms with E-state index in [2.05, 4.69) is 0 Å². The Morgan fingerprint density at radius 2 is 1.90 bits per heavy atom. The van der Waals surface area contributed by atoms with Crippen LogP contribution in [0.4, 0.5) is 0 Å². The molecule has 0 aromatic carbocycles. The zero-order valence-corrected chi connectivity index (χ0v) is 6.81. The van der Waals surface area contributed by atoms with Crippen molar-refractivity contribution in [1.29, 1.82) is 0 Å². The van der Waals surface area contributed by atoms with Crippen molar-refractivity contribution in [3.63, 3.8) is 0 Å². The number of halogens is 1. The van der Waals surface area contributed by atoms with Crippen molar-refractivity contribution >= 4 is 17.9 Å². The quantitative estimate of drug-likeness (QED) is 0.448. The second-order valence-electron chi connectivity index (χ2n) is 3.02. The number of hydrogen-bond donors (Lipinski definition) is 0. The molecule has 0 aliphatic heterocycles. The van der Waals surface area contributed by atoms with E-state index >= 15 is 0 Å². The number of carbonyl (C=O) groups excluding carboxylic acids is 1. The summed E-state index contributed by atoms with van der Waals surface area (Å²) in [6.45, 7) is 0. The largest absolute Gasteiger partial charge is 0.303 e. The van der Waals surface area contributed by atoms with Gasteiger partial charge in [0.05, 0.1) is 0 Å². The minimum Gasteiger partial charge on any atom is -0.303 e. The zero-order valence-electron chi connectivity index (χ0n) is 6.05. The molecule has 0 heterocycles. The molecule has 0 N–H and O–H groups in total. The summed E-state index contributed by atoms with van der Waals surface area (Å²) >= 11 is 5.89. The van der Waals surface area contributed by atoms with E-state index in [1.54, 1.807) is 0 Å². The molecule has 1 saturated carbocycles. The van der Waals surface area contributed by atoms with Gasteiger partial charge in [-0.15, -0.1) is 11.6 Å². The summed E-state index contributed by atoms with van der Waals surface area (Å²) in [5.41, 5.74) is 0. The van der Waals surface area contributed by atoms with Crippen LogP contribution >= 0.6 is 11.6 Å². The van der Waals surface area contributed by atoms with E-state index in [0.717, 1.165) is 38.4 Å². The highest BCUT2D eigenvalue weighted by Crippen LogP contribution is 2.28. The molecule has 0 aromatic heterocycles. The number of hydrogen-bond acceptors (Lipinski definition) is 1. The first-order chi connectivity index (χ1) is 4.83. The Hall–Kier alpha value is -0.0400. The Morgan fingerprint density at radius 3 is 2.40 bits per heavy atom. The van der Waals surface area contributed by atoms with E-state index in [1.807, 2.05) is 0 Å². The molecule has 1 aliphatic rings. The van der Waals surface area contributed by atoms with Gasteiger partial charge in [0.1, 0.15) is 6.29 Å². The van der Waals surface area contributed by atoms with Gasteiger partial charge in [-0.3, -0.25) is 0 Å². The lowest BCUT2D eigenvalue weighted by Gasteiger charge is -2.22. The first-order valence-electron chi connectivity index (χ1n) is 3.90. The van der Waals surface area contributed by atoms with E-state index in [4.69, 9.17) is 11.6 Å². The number of carbonyl (C=O) groups is 1. The molecule has 0 radical (unpaired) electrons. The monoisotopic (exact) mass is 160 g/mol. The van der Waals surface area contributed by atoms with Gasteiger partial charge in [0.25, 0.3) is 0 Å². The Morgan fingerprint density at radius 1 is 1.30 bits per heavy atom. The molecule has 0 saturated heterocycles. The van der Waals surface area contributed by atoms with Crippen LogP contribution in [0.1, 0.15) is 32.1 Å². The van der Waals surface area contributed by atoms with Crippen molar-refractivity contribution in [2.75, 3.05) is 0 Å². The van der Waals surface area contributed by atoms with E-state index in [9.17, 15) is 4.79 Å². The van der Waals surface area contributed by atoms with Crippen molar-refractivity contribution in [2.24, 2.45) is 5.92 Å². The fourth-order valence-corrected chi connectivity index (χ4v) is 1.75. The summed E-state index contributed by atoms with van der Waals surface area (Å²) in [6, 6.07) is 0. The van der Waals surface area contributed by atoms with Crippen LogP contribution in [0.25, 0.3) is 0 Å². The van der Waals surface area contributed by atoms with E-state index < -0.39 is 0 Å². The van der Waals surface area contributed by atoms with E-state index in [-0.39, 0.29) is 0 Å². The first kappa shape index (κ1) is 8.06. The van der Waals surface area contributed by atoms with Crippen LogP contribution < -0.4 is 0 Å². The van der Waals surface area contributed by atoms with Crippen LogP contribution in [0.2, 0.25) is 0 Å². The standard InChI is InChI=1S/C8H13ClO/c9-8-3-1-7(2-4-8)5-6-10/h6-8H,1-5H2. The zero-order chi connectivity index (χ0) is 7.40. The van der Waals surface area contributed by atoms with Crippen molar-refractivity contribution in [3.05, 3.63) is 0 Å². The number of alkyl halides is 1. The fraction of sp³-hybridized carbons (Fsp3) is 0.875. The third-order valence-electron chi connectivity index (χ3n) is 2.21. The summed E-state index contributed by atoms with van der Waals surface area (Å²) < 4.78 is 0. The minimum absolute atomic E-state index is 0.378. The molecular formula is C8H13ClO. The van der Waals surface area contributed by atoms with Crippen LogP contribution in [-0.2, 0) is 4.79 Å². The molecule has 0 spiro atoms. The Labute approximate surface area is 66.8 Å². The molecular weight excluding hydrogens is 148 g/mol. The molecule has 1 aliphatic carbocycles. The van der Waals surface area contributed by atoms with Gasteiger partial charge >= 0.3 is 0 Å². The summed E-state index contributed by atoms with van der Waals surface area (Å²) in [7, 11) is 0. The molecule has 2 heteroatoms. The molecule has 0 atom stereocenters. The Bertz CT molecular complexity index is 106. The van der Waals surface area contributed by atoms with Gasteiger partial charge < -0.3 is 4.79 Å². The smallest absolute Gasteiger partial charge is 0.120 e. The SMILES string of the molecule is O=CCC1CCC(Cl)CC1. The lowest BCUT2D eigenvalue weighted by atomic mass is 9.87. The Balaban J connectivity index is 2.19. The maximum absolute atomic E-state index is 10.1. The highest BCUT2D eigenvalue weighted by atomic mass is 35.5. The molecule has 1 nitrogen and oxygen atoms in total. The third-order valence-corrected chi connectivity index (χ3v) is 2.64. The predicted molar refractivity (Wildman–Crippen MR) is 42.3 cm³/mol. The van der Waals surface area contributed by atoms with Crippen LogP contribution in [0.3, 0.4) is 0 Å². The summed E-state index contributed by atoms with van der Waals surface area (Å²) in [5, 5.41) is 0.378. The second-order valence-corrected chi connectivity index (χ2v) is 3.64. The summed E-state index contributed by atoms with van der Waals surface area (Å²) in [5.74, 6) is 0.632. The van der Waals surface area contributed by atoms with Gasteiger partial charge in [-0.25, -0.2) is 0 Å². The molecule has 58 valence electrons. The summed E-state index contributed by atoms with van der Waals surface area (Å²) in [6.07, 6.45) is 6.25. The topological polar surface area (TPSA) is 17.1 Å². The average molecular weight is 161 g/mol. The molecule has 10 heavy (non-hydrogen) atoms. The average Bonchev–Trinajstić information content (AvgIpc) is 1.95. The molecule has 1 fully saturated rings. The van der Waals surface area contributed by atoms with Gasteiger partial charge in [0.2, 0.25) is 0 Å². The lowest BCUT2D eigenvalue weighted by Crippen LogP contribution is -2.14. The molecule has 0 aromatic rings. The number of rotatable bonds is 2. The van der Waals surface area contributed by atoms with Crippen LogP contribution in [-0.4, -0.2) is 11.7 Å². The molecule has 0 bridgehead atoms. The molecule has 0 amide bonds. The highest BCUT2D eigenvalue weighted by Gasteiger charge is 2.18. The van der Waals surface area contributed by atoms with Gasteiger partial charge in [-0.2, -0.15) is 0 Å².